The van der Waals surface area contributed by atoms with Crippen LogP contribution in [0.5, 0.6) is 5.88 Å². The fourth-order valence-corrected chi connectivity index (χ4v) is 2.93. The van der Waals surface area contributed by atoms with Crippen molar-refractivity contribution in [2.45, 2.75) is 26.0 Å². The van der Waals surface area contributed by atoms with Crippen LogP contribution in [0.4, 0.5) is 8.78 Å². The first-order valence-corrected chi connectivity index (χ1v) is 9.41. The van der Waals surface area contributed by atoms with E-state index in [1.807, 2.05) is 0 Å². The smallest absolute Gasteiger partial charge is 0.272 e. The summed E-state index contributed by atoms with van der Waals surface area (Å²) in [5, 5.41) is 0. The Balaban J connectivity index is 1.82. The van der Waals surface area contributed by atoms with Crippen molar-refractivity contribution >= 4 is 27.5 Å². The second kappa shape index (κ2) is 8.74. The molecule has 0 saturated heterocycles. The van der Waals surface area contributed by atoms with E-state index in [9.17, 15) is 13.6 Å². The monoisotopic (exact) mass is 470 g/mol. The quantitative estimate of drug-likeness (QED) is 0.512. The second-order valence-corrected chi connectivity index (χ2v) is 6.89. The Kier molecular flexibility index (Phi) is 6.35. The summed E-state index contributed by atoms with van der Waals surface area (Å²) in [6.45, 7) is 1.60. The molecule has 0 aliphatic rings. The number of aromatic nitrogens is 4. The molecule has 6 nitrogen and oxygen atoms in total. The number of benzene rings is 1. The molecule has 10 heteroatoms. The number of aryl methyl sites for hydroxylation is 1. The molecule has 0 aliphatic heterocycles. The minimum Gasteiger partial charge on any atom is -0.472 e. The Bertz CT molecular complexity index is 1060. The maximum Gasteiger partial charge on any atom is 0.272 e. The van der Waals surface area contributed by atoms with E-state index in [2.05, 4.69) is 30.9 Å². The molecule has 0 atom stereocenters. The molecule has 0 bridgehead atoms. The maximum atomic E-state index is 13.7. The summed E-state index contributed by atoms with van der Waals surface area (Å²) < 4.78 is 33.7. The molecule has 0 spiro atoms. The third-order valence-corrected chi connectivity index (χ3v) is 4.82. The van der Waals surface area contributed by atoms with E-state index in [1.165, 1.54) is 10.6 Å². The third-order valence-electron chi connectivity index (χ3n) is 3.87. The molecule has 0 fully saturated rings. The predicted octanol–water partition coefficient (Wildman–Crippen LogP) is 3.75. The van der Waals surface area contributed by atoms with Crippen LogP contribution >= 0.6 is 27.5 Å². The van der Waals surface area contributed by atoms with Crippen molar-refractivity contribution in [1.29, 1.82) is 0 Å². The summed E-state index contributed by atoms with van der Waals surface area (Å²) in [6, 6.07) is 3.17. The van der Waals surface area contributed by atoms with E-state index in [1.54, 1.807) is 19.3 Å². The molecule has 0 aliphatic carbocycles. The highest BCUT2D eigenvalue weighted by Crippen LogP contribution is 2.21. The van der Waals surface area contributed by atoms with Crippen LogP contribution in [0, 0.1) is 18.6 Å². The number of rotatable bonds is 6. The molecule has 0 N–H and O–H groups in total. The molecule has 146 valence electrons. The summed E-state index contributed by atoms with van der Waals surface area (Å²) in [5.74, 6) is -0.765. The number of hydrogen-bond acceptors (Lipinski definition) is 5. The second-order valence-electron chi connectivity index (χ2n) is 5.83. The van der Waals surface area contributed by atoms with Gasteiger partial charge in [0.25, 0.3) is 5.56 Å². The minimum absolute atomic E-state index is 0.0195. The fraction of sp³-hybridized carbons (Fsp3) is 0.222. The van der Waals surface area contributed by atoms with Crippen molar-refractivity contribution in [2.75, 3.05) is 0 Å². The number of alkyl halides is 1. The van der Waals surface area contributed by atoms with Gasteiger partial charge in [0.05, 0.1) is 30.0 Å². The molecule has 3 rings (SSSR count). The average molecular weight is 472 g/mol. The topological polar surface area (TPSA) is 69.9 Å². The molecular formula is C18H14BrClF2N4O2. The first-order valence-electron chi connectivity index (χ1n) is 8.08. The van der Waals surface area contributed by atoms with Crippen LogP contribution in [-0.2, 0) is 19.0 Å². The third kappa shape index (κ3) is 4.53. The van der Waals surface area contributed by atoms with E-state index in [4.69, 9.17) is 16.3 Å². The molecule has 0 amide bonds. The van der Waals surface area contributed by atoms with Gasteiger partial charge in [0.15, 0.2) is 0 Å². The SMILES string of the molecule is Cc1nc(OCc2ccc(F)cc2F)c(Br)c(=O)n1Cc1cnc(CCl)cn1. The van der Waals surface area contributed by atoms with Crippen LogP contribution in [0.1, 0.15) is 22.8 Å². The molecule has 28 heavy (non-hydrogen) atoms. The number of ether oxygens (including phenoxy) is 1. The summed E-state index contributed by atoms with van der Waals surface area (Å²) in [5.41, 5.74) is 0.956. The Hall–Kier alpha value is -2.39. The van der Waals surface area contributed by atoms with Gasteiger partial charge in [-0.1, -0.05) is 0 Å². The van der Waals surface area contributed by atoms with Gasteiger partial charge in [0.1, 0.15) is 28.5 Å². The normalized spacial score (nSPS) is 10.9. The molecule has 1 aromatic carbocycles. The number of hydrogen-bond donors (Lipinski definition) is 0. The lowest BCUT2D eigenvalue weighted by molar-refractivity contribution is 0.282. The first-order chi connectivity index (χ1) is 13.4. The van der Waals surface area contributed by atoms with Crippen LogP contribution in [0.2, 0.25) is 0 Å². The van der Waals surface area contributed by atoms with Gasteiger partial charge in [-0.05, 0) is 35.0 Å². The van der Waals surface area contributed by atoms with E-state index < -0.39 is 11.6 Å². The van der Waals surface area contributed by atoms with Gasteiger partial charge < -0.3 is 4.74 Å². The Labute approximate surface area is 172 Å². The lowest BCUT2D eigenvalue weighted by atomic mass is 10.2. The fourth-order valence-electron chi connectivity index (χ4n) is 2.37. The average Bonchev–Trinajstić information content (AvgIpc) is 2.68. The van der Waals surface area contributed by atoms with Crippen molar-refractivity contribution in [3.8, 4) is 5.88 Å². The molecule has 3 aromatic rings. The van der Waals surface area contributed by atoms with Crippen LogP contribution in [-0.4, -0.2) is 19.5 Å². The molecule has 2 aromatic heterocycles. The summed E-state index contributed by atoms with van der Waals surface area (Å²) >= 11 is 8.87. The van der Waals surface area contributed by atoms with Gasteiger partial charge in [0, 0.05) is 17.8 Å². The van der Waals surface area contributed by atoms with Crippen LogP contribution in [0.15, 0.2) is 39.9 Å². The zero-order chi connectivity index (χ0) is 20.3. The molecule has 0 radical (unpaired) electrons. The van der Waals surface area contributed by atoms with Crippen molar-refractivity contribution in [1.82, 2.24) is 19.5 Å². The minimum atomic E-state index is -0.736. The Morgan fingerprint density at radius 1 is 1.21 bits per heavy atom. The van der Waals surface area contributed by atoms with E-state index in [0.717, 1.165) is 12.1 Å². The summed E-state index contributed by atoms with van der Waals surface area (Å²) in [6.07, 6.45) is 3.08. The number of halogens is 4. The van der Waals surface area contributed by atoms with E-state index >= 15 is 0 Å². The van der Waals surface area contributed by atoms with Gasteiger partial charge >= 0.3 is 0 Å². The van der Waals surface area contributed by atoms with Crippen molar-refractivity contribution in [3.05, 3.63) is 79.8 Å². The van der Waals surface area contributed by atoms with Crippen molar-refractivity contribution in [2.24, 2.45) is 0 Å². The van der Waals surface area contributed by atoms with Gasteiger partial charge in [0.2, 0.25) is 5.88 Å². The lowest BCUT2D eigenvalue weighted by Gasteiger charge is -2.13. The van der Waals surface area contributed by atoms with Crippen LogP contribution < -0.4 is 10.3 Å². The highest BCUT2D eigenvalue weighted by molar-refractivity contribution is 9.10. The first kappa shape index (κ1) is 20.3. The van der Waals surface area contributed by atoms with Gasteiger partial charge in [-0.25, -0.2) is 8.78 Å². The summed E-state index contributed by atoms with van der Waals surface area (Å²) in [4.78, 5) is 25.3. The zero-order valence-electron chi connectivity index (χ0n) is 14.6. The zero-order valence-corrected chi connectivity index (χ0v) is 17.0. The van der Waals surface area contributed by atoms with Crippen LogP contribution in [0.3, 0.4) is 0 Å². The van der Waals surface area contributed by atoms with E-state index in [-0.39, 0.29) is 40.5 Å². The largest absolute Gasteiger partial charge is 0.472 e. The van der Waals surface area contributed by atoms with Crippen molar-refractivity contribution < 1.29 is 13.5 Å². The lowest BCUT2D eigenvalue weighted by Crippen LogP contribution is -2.26. The van der Waals surface area contributed by atoms with Crippen LogP contribution in [0.25, 0.3) is 0 Å². The Morgan fingerprint density at radius 3 is 2.57 bits per heavy atom. The number of nitrogens with zero attached hydrogens (tertiary/aromatic N) is 4. The molecular weight excluding hydrogens is 458 g/mol. The highest BCUT2D eigenvalue weighted by atomic mass is 79.9. The van der Waals surface area contributed by atoms with Gasteiger partial charge in [-0.15, -0.1) is 11.6 Å². The molecule has 2 heterocycles. The predicted molar refractivity (Wildman–Crippen MR) is 102 cm³/mol. The van der Waals surface area contributed by atoms with Crippen molar-refractivity contribution in [3.63, 3.8) is 0 Å². The Morgan fingerprint density at radius 2 is 1.93 bits per heavy atom. The summed E-state index contributed by atoms with van der Waals surface area (Å²) in [7, 11) is 0. The van der Waals surface area contributed by atoms with Gasteiger partial charge in [-0.2, -0.15) is 4.98 Å². The maximum absolute atomic E-state index is 13.7. The standard InChI is InChI=1S/C18H14BrClF2N4O2/c1-10-25-17(28-9-11-2-3-12(21)4-15(11)22)16(19)18(27)26(10)8-14-7-23-13(5-20)6-24-14/h2-4,6-7H,5,8-9H2,1H3. The molecule has 0 unspecified atom stereocenters. The molecule has 0 saturated carbocycles. The highest BCUT2D eigenvalue weighted by Gasteiger charge is 2.15. The van der Waals surface area contributed by atoms with E-state index in [0.29, 0.717) is 17.2 Å². The van der Waals surface area contributed by atoms with Gasteiger partial charge in [-0.3, -0.25) is 19.3 Å².